The summed E-state index contributed by atoms with van der Waals surface area (Å²) in [7, 11) is 0. The van der Waals surface area contributed by atoms with E-state index in [2.05, 4.69) is 10.6 Å². The number of halogens is 1. The lowest BCUT2D eigenvalue weighted by molar-refractivity contribution is -0.125. The number of carbonyl (C=O) groups excluding carboxylic acids is 3. The van der Waals surface area contributed by atoms with Crippen molar-refractivity contribution in [3.63, 3.8) is 0 Å². The molecule has 8 heteroatoms. The van der Waals surface area contributed by atoms with Crippen LogP contribution in [0.15, 0.2) is 24.3 Å². The monoisotopic (exact) mass is 366 g/mol. The number of urea groups is 1. The molecule has 136 valence electrons. The summed E-state index contributed by atoms with van der Waals surface area (Å²) in [6.45, 7) is 0.235. The minimum Gasteiger partial charge on any atom is -0.329 e. The van der Waals surface area contributed by atoms with E-state index >= 15 is 0 Å². The van der Waals surface area contributed by atoms with Crippen LogP contribution in [0.5, 0.6) is 0 Å². The molecule has 1 heterocycles. The molecule has 0 unspecified atom stereocenters. The van der Waals surface area contributed by atoms with Crippen LogP contribution in [0.2, 0.25) is 0 Å². The highest BCUT2D eigenvalue weighted by atomic mass is 35.5. The molecule has 1 aromatic carbocycles. The molecule has 0 radical (unpaired) electrons. The number of amides is 4. The van der Waals surface area contributed by atoms with E-state index in [-0.39, 0.29) is 55.3 Å². The number of nitrogens with one attached hydrogen (secondary N) is 2. The first-order valence-electron chi connectivity index (χ1n) is 8.25. The minimum absolute atomic E-state index is 0. The van der Waals surface area contributed by atoms with Crippen molar-refractivity contribution in [3.05, 3.63) is 29.8 Å². The number of benzene rings is 1. The normalized spacial score (nSPS) is 22.5. The van der Waals surface area contributed by atoms with Gasteiger partial charge in [0.2, 0.25) is 11.8 Å². The van der Waals surface area contributed by atoms with Crippen molar-refractivity contribution < 1.29 is 14.4 Å². The molecular weight excluding hydrogens is 344 g/mol. The zero-order valence-corrected chi connectivity index (χ0v) is 14.7. The molecule has 7 nitrogen and oxygen atoms in total. The van der Waals surface area contributed by atoms with Gasteiger partial charge in [0.25, 0.3) is 0 Å². The molecule has 1 aliphatic carbocycles. The van der Waals surface area contributed by atoms with Gasteiger partial charge in [-0.1, -0.05) is 18.6 Å². The quantitative estimate of drug-likeness (QED) is 0.688. The number of hydrogen-bond donors (Lipinski definition) is 3. The van der Waals surface area contributed by atoms with Gasteiger partial charge in [-0.25, -0.2) is 4.79 Å². The molecule has 0 bridgehead atoms. The van der Waals surface area contributed by atoms with Crippen molar-refractivity contribution in [1.29, 1.82) is 0 Å². The van der Waals surface area contributed by atoms with Crippen LogP contribution in [-0.2, 0) is 16.1 Å². The molecule has 25 heavy (non-hydrogen) atoms. The zero-order valence-electron chi connectivity index (χ0n) is 13.9. The largest absolute Gasteiger partial charge is 0.329 e. The summed E-state index contributed by atoms with van der Waals surface area (Å²) < 4.78 is 0. The molecule has 1 aromatic rings. The molecule has 2 aliphatic rings. The van der Waals surface area contributed by atoms with Crippen molar-refractivity contribution in [2.75, 3.05) is 11.9 Å². The second kappa shape index (κ2) is 8.31. The van der Waals surface area contributed by atoms with Crippen LogP contribution in [0.4, 0.5) is 10.5 Å². The molecule has 0 aromatic heterocycles. The summed E-state index contributed by atoms with van der Waals surface area (Å²) in [5.41, 5.74) is 7.46. The summed E-state index contributed by atoms with van der Waals surface area (Å²) in [5, 5.41) is 5.37. The maximum absolute atomic E-state index is 12.2. The Hall–Kier alpha value is -2.12. The highest BCUT2D eigenvalue weighted by molar-refractivity contribution is 6.01. The van der Waals surface area contributed by atoms with Crippen LogP contribution < -0.4 is 16.4 Å². The molecule has 3 rings (SSSR count). The predicted octanol–water partition coefficient (Wildman–Crippen LogP) is 1.62. The number of nitrogens with two attached hydrogens (primary N) is 1. The first-order chi connectivity index (χ1) is 11.5. The topological polar surface area (TPSA) is 105 Å². The zero-order chi connectivity index (χ0) is 17.1. The van der Waals surface area contributed by atoms with Gasteiger partial charge in [-0.3, -0.25) is 14.5 Å². The lowest BCUT2D eigenvalue weighted by Crippen LogP contribution is -2.30. The van der Waals surface area contributed by atoms with Crippen LogP contribution in [0, 0.1) is 5.92 Å². The second-order valence-electron chi connectivity index (χ2n) is 6.45. The fourth-order valence-corrected chi connectivity index (χ4v) is 3.31. The Morgan fingerprint density at radius 1 is 1.32 bits per heavy atom. The van der Waals surface area contributed by atoms with Crippen LogP contribution in [0.3, 0.4) is 0 Å². The minimum atomic E-state index is -0.385. The Bertz CT molecular complexity index is 651. The smallest absolute Gasteiger partial charge is 0.324 e. The van der Waals surface area contributed by atoms with Crippen molar-refractivity contribution >= 4 is 35.9 Å². The van der Waals surface area contributed by atoms with Gasteiger partial charge in [0, 0.05) is 18.2 Å². The SMILES string of the molecule is Cl.N[C@@H]1CCC[C@H]1CC(=O)Nc1cccc(CN2C(=O)CNC2=O)c1. The van der Waals surface area contributed by atoms with E-state index in [4.69, 9.17) is 5.73 Å². The van der Waals surface area contributed by atoms with Crippen LogP contribution >= 0.6 is 12.4 Å². The number of imide groups is 1. The first-order valence-corrected chi connectivity index (χ1v) is 8.25. The van der Waals surface area contributed by atoms with Crippen molar-refractivity contribution in [2.45, 2.75) is 38.3 Å². The van der Waals surface area contributed by atoms with E-state index in [0.29, 0.717) is 12.1 Å². The number of hydrogen-bond acceptors (Lipinski definition) is 4. The van der Waals surface area contributed by atoms with E-state index in [1.165, 1.54) is 4.90 Å². The Morgan fingerprint density at radius 3 is 2.76 bits per heavy atom. The number of rotatable bonds is 5. The van der Waals surface area contributed by atoms with E-state index in [1.54, 1.807) is 18.2 Å². The van der Waals surface area contributed by atoms with E-state index in [0.717, 1.165) is 24.8 Å². The lowest BCUT2D eigenvalue weighted by Gasteiger charge is -2.16. The van der Waals surface area contributed by atoms with Gasteiger partial charge in [-0.2, -0.15) is 0 Å². The fourth-order valence-electron chi connectivity index (χ4n) is 3.31. The Morgan fingerprint density at radius 2 is 2.12 bits per heavy atom. The maximum Gasteiger partial charge on any atom is 0.324 e. The van der Waals surface area contributed by atoms with Crippen molar-refractivity contribution in [3.8, 4) is 0 Å². The highest BCUT2D eigenvalue weighted by Gasteiger charge is 2.28. The van der Waals surface area contributed by atoms with Gasteiger partial charge in [0.15, 0.2) is 0 Å². The third-order valence-electron chi connectivity index (χ3n) is 4.65. The summed E-state index contributed by atoms with van der Waals surface area (Å²) in [6.07, 6.45) is 3.50. The number of carbonyl (C=O) groups is 3. The van der Waals surface area contributed by atoms with Gasteiger partial charge in [0.05, 0.1) is 13.1 Å². The second-order valence-corrected chi connectivity index (χ2v) is 6.45. The predicted molar refractivity (Wildman–Crippen MR) is 96.2 cm³/mol. The number of nitrogens with zero attached hydrogens (tertiary/aromatic N) is 1. The molecular formula is C17H23ClN4O3. The van der Waals surface area contributed by atoms with Crippen LogP contribution in [0.1, 0.15) is 31.2 Å². The summed E-state index contributed by atoms with van der Waals surface area (Å²) in [6, 6.07) is 6.92. The fraction of sp³-hybridized carbons (Fsp3) is 0.471. The summed E-state index contributed by atoms with van der Waals surface area (Å²) in [4.78, 5) is 36.6. The van der Waals surface area contributed by atoms with Gasteiger partial charge in [0.1, 0.15) is 0 Å². The molecule has 4 N–H and O–H groups in total. The van der Waals surface area contributed by atoms with E-state index in [1.807, 2.05) is 6.07 Å². The van der Waals surface area contributed by atoms with Crippen molar-refractivity contribution in [2.24, 2.45) is 11.7 Å². The van der Waals surface area contributed by atoms with Gasteiger partial charge < -0.3 is 16.4 Å². The van der Waals surface area contributed by atoms with Gasteiger partial charge in [-0.05, 0) is 36.5 Å². The summed E-state index contributed by atoms with van der Waals surface area (Å²) in [5.74, 6) is -0.0479. The molecule has 2 fully saturated rings. The third kappa shape index (κ3) is 4.70. The average molecular weight is 367 g/mol. The van der Waals surface area contributed by atoms with Crippen molar-refractivity contribution in [1.82, 2.24) is 10.2 Å². The van der Waals surface area contributed by atoms with Gasteiger partial charge >= 0.3 is 6.03 Å². The first kappa shape index (κ1) is 19.2. The van der Waals surface area contributed by atoms with E-state index < -0.39 is 0 Å². The standard InChI is InChI=1S/C17H22N4O3.ClH/c18-14-6-2-4-12(14)8-15(22)20-13-5-1-3-11(7-13)10-21-16(23)9-19-17(21)24;/h1,3,5,7,12,14H,2,4,6,8-10,18H2,(H,19,24)(H,20,22);1H/t12-,14+;/m0./s1. The Balaban J connectivity index is 0.00000225. The van der Waals surface area contributed by atoms with Crippen LogP contribution in [-0.4, -0.2) is 35.3 Å². The third-order valence-corrected chi connectivity index (χ3v) is 4.65. The molecule has 0 spiro atoms. The maximum atomic E-state index is 12.2. The van der Waals surface area contributed by atoms with E-state index in [9.17, 15) is 14.4 Å². The molecule has 2 atom stereocenters. The Kier molecular flexibility index (Phi) is 6.39. The summed E-state index contributed by atoms with van der Waals surface area (Å²) >= 11 is 0. The lowest BCUT2D eigenvalue weighted by atomic mass is 10.00. The Labute approximate surface area is 152 Å². The van der Waals surface area contributed by atoms with Gasteiger partial charge in [-0.15, -0.1) is 12.4 Å². The molecule has 1 aliphatic heterocycles. The average Bonchev–Trinajstić information content (AvgIpc) is 3.08. The molecule has 1 saturated heterocycles. The molecule has 4 amide bonds. The molecule has 1 saturated carbocycles. The van der Waals surface area contributed by atoms with Crippen LogP contribution in [0.25, 0.3) is 0 Å². The number of anilines is 1. The highest BCUT2D eigenvalue weighted by Crippen LogP contribution is 2.27.